The molecule has 24 heavy (non-hydrogen) atoms. The summed E-state index contributed by atoms with van der Waals surface area (Å²) in [5, 5.41) is 2.55. The van der Waals surface area contributed by atoms with Crippen LogP contribution in [0.1, 0.15) is 25.7 Å². The van der Waals surface area contributed by atoms with Gasteiger partial charge in [0.15, 0.2) is 5.58 Å². The summed E-state index contributed by atoms with van der Waals surface area (Å²) in [6, 6.07) is 3.60. The molecule has 1 saturated heterocycles. The quantitative estimate of drug-likeness (QED) is 0.911. The third kappa shape index (κ3) is 2.93. The lowest BCUT2D eigenvalue weighted by atomic mass is 10.2. The number of rotatable bonds is 2. The number of para-hydroxylation sites is 1. The number of anilines is 1. The van der Waals surface area contributed by atoms with Crippen molar-refractivity contribution >= 4 is 28.6 Å². The highest BCUT2D eigenvalue weighted by atomic mass is 19.4. The number of nitrogens with zero attached hydrogens (tertiary/aromatic N) is 2. The molecule has 0 aliphatic carbocycles. The Hall–Kier alpha value is -2.58. The predicted molar refractivity (Wildman–Crippen MR) is 78.0 cm³/mol. The van der Waals surface area contributed by atoms with Gasteiger partial charge >= 0.3 is 12.1 Å². The Morgan fingerprint density at radius 2 is 2.12 bits per heavy atom. The van der Waals surface area contributed by atoms with Gasteiger partial charge in [-0.05, 0) is 25.0 Å². The fraction of sp³-hybridized carbons (Fsp3) is 0.400. The third-order valence-electron chi connectivity index (χ3n) is 3.88. The minimum Gasteiger partial charge on any atom is -0.433 e. The van der Waals surface area contributed by atoms with Crippen molar-refractivity contribution in [3.63, 3.8) is 0 Å². The zero-order chi connectivity index (χ0) is 17.5. The number of likely N-dealkylation sites (tertiary alicyclic amines) is 1. The van der Waals surface area contributed by atoms with Crippen LogP contribution in [0.4, 0.5) is 18.9 Å². The van der Waals surface area contributed by atoms with Gasteiger partial charge in [-0.1, -0.05) is 6.07 Å². The Kier molecular flexibility index (Phi) is 3.94. The van der Waals surface area contributed by atoms with Gasteiger partial charge in [-0.25, -0.2) is 4.98 Å². The number of nitrogens with one attached hydrogen (secondary N) is 1. The topological polar surface area (TPSA) is 75.4 Å². The molecule has 1 fully saturated rings. The van der Waals surface area contributed by atoms with Crippen LogP contribution in [0.15, 0.2) is 22.6 Å². The van der Waals surface area contributed by atoms with Crippen molar-refractivity contribution < 1.29 is 27.2 Å². The standard InChI is InChI=1S/C15H14F3N3O3/c1-8(22)21-7-3-5-10(21)13(23)19-9-4-2-6-11-12(9)20-14(24-11)15(16,17)18/h2,4,6,10H,3,5,7H2,1H3,(H,19,23)/t10-/m0/s1. The van der Waals surface area contributed by atoms with Crippen molar-refractivity contribution in [2.75, 3.05) is 11.9 Å². The van der Waals surface area contributed by atoms with Crippen molar-refractivity contribution in [2.24, 2.45) is 0 Å². The van der Waals surface area contributed by atoms with E-state index < -0.39 is 24.0 Å². The Morgan fingerprint density at radius 3 is 2.79 bits per heavy atom. The van der Waals surface area contributed by atoms with Gasteiger partial charge in [0.05, 0.1) is 5.69 Å². The monoisotopic (exact) mass is 341 g/mol. The number of carbonyl (C=O) groups is 2. The van der Waals surface area contributed by atoms with Crippen molar-refractivity contribution in [3.8, 4) is 0 Å². The molecule has 128 valence electrons. The van der Waals surface area contributed by atoms with Gasteiger partial charge in [0.2, 0.25) is 11.8 Å². The molecule has 3 rings (SSSR count). The number of hydrogen-bond donors (Lipinski definition) is 1. The van der Waals surface area contributed by atoms with Crippen LogP contribution < -0.4 is 5.32 Å². The normalized spacial score (nSPS) is 18.2. The third-order valence-corrected chi connectivity index (χ3v) is 3.88. The molecule has 1 aliphatic heterocycles. The van der Waals surface area contributed by atoms with E-state index in [1.165, 1.54) is 30.0 Å². The molecule has 1 N–H and O–H groups in total. The van der Waals surface area contributed by atoms with Gasteiger partial charge in [0.1, 0.15) is 11.6 Å². The van der Waals surface area contributed by atoms with Crippen molar-refractivity contribution in [2.45, 2.75) is 32.0 Å². The van der Waals surface area contributed by atoms with Crippen LogP contribution in [0.5, 0.6) is 0 Å². The number of halogens is 3. The minimum absolute atomic E-state index is 0.0741. The van der Waals surface area contributed by atoms with Crippen LogP contribution in [0.3, 0.4) is 0 Å². The molecule has 1 aromatic heterocycles. The first-order chi connectivity index (χ1) is 11.3. The SMILES string of the molecule is CC(=O)N1CCC[C@H]1C(=O)Nc1cccc2oc(C(F)(F)F)nc12. The second-order valence-electron chi connectivity index (χ2n) is 5.53. The lowest BCUT2D eigenvalue weighted by Gasteiger charge is -2.22. The number of hydrogen-bond acceptors (Lipinski definition) is 4. The van der Waals surface area contributed by atoms with Crippen molar-refractivity contribution in [3.05, 3.63) is 24.1 Å². The number of aromatic nitrogens is 1. The van der Waals surface area contributed by atoms with Crippen LogP contribution in [0.25, 0.3) is 11.1 Å². The molecular weight excluding hydrogens is 327 g/mol. The molecule has 0 spiro atoms. The van der Waals surface area contributed by atoms with E-state index in [9.17, 15) is 22.8 Å². The molecule has 6 nitrogen and oxygen atoms in total. The minimum atomic E-state index is -4.71. The fourth-order valence-electron chi connectivity index (χ4n) is 2.80. The van der Waals surface area contributed by atoms with Crippen LogP contribution in [0, 0.1) is 0 Å². The number of benzene rings is 1. The summed E-state index contributed by atoms with van der Waals surface area (Å²) in [7, 11) is 0. The smallest absolute Gasteiger partial charge is 0.433 e. The second kappa shape index (κ2) is 5.81. The van der Waals surface area contributed by atoms with Gasteiger partial charge in [0.25, 0.3) is 0 Å². The summed E-state index contributed by atoms with van der Waals surface area (Å²) in [4.78, 5) is 28.8. The zero-order valence-electron chi connectivity index (χ0n) is 12.7. The van der Waals surface area contributed by atoms with E-state index in [0.29, 0.717) is 19.4 Å². The molecule has 0 radical (unpaired) electrons. The highest BCUT2D eigenvalue weighted by Gasteiger charge is 2.38. The number of amides is 2. The summed E-state index contributed by atoms with van der Waals surface area (Å²) in [6.45, 7) is 1.86. The first kappa shape index (κ1) is 16.3. The average Bonchev–Trinajstić information content (AvgIpc) is 3.14. The number of alkyl halides is 3. The number of fused-ring (bicyclic) bond motifs is 1. The van der Waals surface area contributed by atoms with Crippen LogP contribution in [-0.2, 0) is 15.8 Å². The van der Waals surface area contributed by atoms with E-state index in [-0.39, 0.29) is 22.7 Å². The maximum Gasteiger partial charge on any atom is 0.468 e. The largest absolute Gasteiger partial charge is 0.468 e. The summed E-state index contributed by atoms with van der Waals surface area (Å²) in [5.41, 5.74) is -0.0346. The molecule has 2 heterocycles. The van der Waals surface area contributed by atoms with Gasteiger partial charge in [0, 0.05) is 13.5 Å². The molecule has 1 atom stereocenters. The summed E-state index contributed by atoms with van der Waals surface area (Å²) in [6.07, 6.45) is -3.50. The lowest BCUT2D eigenvalue weighted by Crippen LogP contribution is -2.42. The summed E-state index contributed by atoms with van der Waals surface area (Å²) >= 11 is 0. The maximum atomic E-state index is 12.7. The molecule has 0 bridgehead atoms. The summed E-state index contributed by atoms with van der Waals surface area (Å²) in [5.74, 6) is -2.04. The van der Waals surface area contributed by atoms with Crippen LogP contribution in [0.2, 0.25) is 0 Å². The van der Waals surface area contributed by atoms with E-state index in [4.69, 9.17) is 0 Å². The number of carbonyl (C=O) groups excluding carboxylic acids is 2. The fourth-order valence-corrected chi connectivity index (χ4v) is 2.80. The van der Waals surface area contributed by atoms with Gasteiger partial charge in [-0.3, -0.25) is 9.59 Å². The Labute approximate surface area is 134 Å². The molecule has 1 aromatic carbocycles. The van der Waals surface area contributed by atoms with Crippen LogP contribution in [-0.4, -0.2) is 34.3 Å². The molecule has 1 aliphatic rings. The molecular formula is C15H14F3N3O3. The first-order valence-electron chi connectivity index (χ1n) is 7.32. The first-order valence-corrected chi connectivity index (χ1v) is 7.32. The molecule has 2 aromatic rings. The van der Waals surface area contributed by atoms with Gasteiger partial charge < -0.3 is 14.6 Å². The van der Waals surface area contributed by atoms with E-state index in [0.717, 1.165) is 0 Å². The maximum absolute atomic E-state index is 12.7. The zero-order valence-corrected chi connectivity index (χ0v) is 12.7. The van der Waals surface area contributed by atoms with Crippen LogP contribution >= 0.6 is 0 Å². The Balaban J connectivity index is 1.88. The van der Waals surface area contributed by atoms with Gasteiger partial charge in [-0.2, -0.15) is 13.2 Å². The van der Waals surface area contributed by atoms with E-state index in [1.807, 2.05) is 0 Å². The van der Waals surface area contributed by atoms with Crippen molar-refractivity contribution in [1.29, 1.82) is 0 Å². The molecule has 9 heteroatoms. The Morgan fingerprint density at radius 1 is 1.38 bits per heavy atom. The highest BCUT2D eigenvalue weighted by molar-refractivity contribution is 6.02. The van der Waals surface area contributed by atoms with E-state index in [1.54, 1.807) is 0 Å². The molecule has 0 unspecified atom stereocenters. The highest BCUT2D eigenvalue weighted by Crippen LogP contribution is 2.33. The van der Waals surface area contributed by atoms with E-state index >= 15 is 0 Å². The van der Waals surface area contributed by atoms with E-state index in [2.05, 4.69) is 14.7 Å². The lowest BCUT2D eigenvalue weighted by molar-refractivity contribution is -0.156. The Bertz CT molecular complexity index is 800. The molecule has 2 amide bonds. The molecule has 0 saturated carbocycles. The van der Waals surface area contributed by atoms with Gasteiger partial charge in [-0.15, -0.1) is 0 Å². The summed E-state index contributed by atoms with van der Waals surface area (Å²) < 4.78 is 42.8. The second-order valence-corrected chi connectivity index (χ2v) is 5.53. The average molecular weight is 341 g/mol. The predicted octanol–water partition coefficient (Wildman–Crippen LogP) is 2.80. The van der Waals surface area contributed by atoms with Crippen molar-refractivity contribution in [1.82, 2.24) is 9.88 Å². The number of oxazole rings is 1.